The Morgan fingerprint density at radius 1 is 1.19 bits per heavy atom. The van der Waals surface area contributed by atoms with E-state index in [0.717, 1.165) is 22.9 Å². The molecule has 0 bridgehead atoms. The van der Waals surface area contributed by atoms with E-state index in [9.17, 15) is 14.9 Å². The van der Waals surface area contributed by atoms with Crippen LogP contribution in [0.15, 0.2) is 36.4 Å². The molecular weight excluding hydrogens is 272 g/mol. The molecule has 2 aromatic rings. The lowest BCUT2D eigenvalue weighted by molar-refractivity contribution is -0.383. The van der Waals surface area contributed by atoms with Gasteiger partial charge in [0.1, 0.15) is 5.69 Å². The first kappa shape index (κ1) is 14.5. The van der Waals surface area contributed by atoms with Crippen molar-refractivity contribution in [2.24, 2.45) is 0 Å². The molecular formula is C15H14N2O4. The molecule has 6 nitrogen and oxygen atoms in total. The van der Waals surface area contributed by atoms with Gasteiger partial charge in [-0.15, -0.1) is 0 Å². The van der Waals surface area contributed by atoms with E-state index in [1.807, 2.05) is 32.0 Å². The van der Waals surface area contributed by atoms with Crippen molar-refractivity contribution in [3.63, 3.8) is 0 Å². The van der Waals surface area contributed by atoms with Crippen molar-refractivity contribution in [1.82, 2.24) is 0 Å². The van der Waals surface area contributed by atoms with Gasteiger partial charge in [0.2, 0.25) is 0 Å². The molecule has 21 heavy (non-hydrogen) atoms. The molecule has 0 aliphatic heterocycles. The molecule has 0 saturated carbocycles. The summed E-state index contributed by atoms with van der Waals surface area (Å²) in [6.45, 7) is 3.79. The number of carboxylic acid groups (broad SMARTS) is 1. The molecule has 2 N–H and O–H groups in total. The number of hydrogen-bond acceptors (Lipinski definition) is 4. The largest absolute Gasteiger partial charge is 0.478 e. The minimum atomic E-state index is -1.20. The fourth-order valence-corrected chi connectivity index (χ4v) is 2.07. The van der Waals surface area contributed by atoms with Crippen LogP contribution < -0.4 is 5.32 Å². The molecule has 0 heterocycles. The van der Waals surface area contributed by atoms with Crippen LogP contribution in [0.4, 0.5) is 17.1 Å². The molecule has 0 fully saturated rings. The van der Waals surface area contributed by atoms with Gasteiger partial charge in [-0.1, -0.05) is 18.2 Å². The number of carboxylic acids is 1. The molecule has 2 rings (SSSR count). The maximum absolute atomic E-state index is 11.1. The number of anilines is 2. The van der Waals surface area contributed by atoms with Gasteiger partial charge in [0.25, 0.3) is 5.69 Å². The molecule has 0 atom stereocenters. The number of para-hydroxylation sites is 1. The number of nitro benzene ring substituents is 1. The number of aromatic carboxylic acids is 1. The van der Waals surface area contributed by atoms with Crippen molar-refractivity contribution >= 4 is 23.0 Å². The first-order valence-corrected chi connectivity index (χ1v) is 6.25. The van der Waals surface area contributed by atoms with Gasteiger partial charge in [-0.3, -0.25) is 10.1 Å². The summed E-state index contributed by atoms with van der Waals surface area (Å²) in [5, 5.41) is 23.1. The van der Waals surface area contributed by atoms with Gasteiger partial charge in [0.15, 0.2) is 0 Å². The Morgan fingerprint density at radius 3 is 2.33 bits per heavy atom. The summed E-state index contributed by atoms with van der Waals surface area (Å²) in [6.07, 6.45) is 0. The van der Waals surface area contributed by atoms with Gasteiger partial charge in [0.05, 0.1) is 10.5 Å². The quantitative estimate of drug-likeness (QED) is 0.661. The number of nitrogens with one attached hydrogen (secondary N) is 1. The number of nitrogens with zero attached hydrogens (tertiary/aromatic N) is 1. The fourth-order valence-electron chi connectivity index (χ4n) is 2.07. The minimum absolute atomic E-state index is 0.117. The third-order valence-electron chi connectivity index (χ3n) is 3.18. The van der Waals surface area contributed by atoms with E-state index >= 15 is 0 Å². The predicted octanol–water partition coefficient (Wildman–Crippen LogP) is 3.65. The van der Waals surface area contributed by atoms with Gasteiger partial charge in [-0.2, -0.15) is 0 Å². The highest BCUT2D eigenvalue weighted by molar-refractivity contribution is 5.90. The Bertz CT molecular complexity index is 705. The van der Waals surface area contributed by atoms with E-state index in [1.165, 1.54) is 12.1 Å². The second kappa shape index (κ2) is 5.62. The number of nitro groups is 1. The molecule has 0 unspecified atom stereocenters. The average Bonchev–Trinajstić information content (AvgIpc) is 2.42. The van der Waals surface area contributed by atoms with E-state index in [4.69, 9.17) is 5.11 Å². The van der Waals surface area contributed by atoms with E-state index < -0.39 is 10.9 Å². The van der Waals surface area contributed by atoms with Gasteiger partial charge in [-0.25, -0.2) is 4.79 Å². The van der Waals surface area contributed by atoms with Crippen LogP contribution in [0.5, 0.6) is 0 Å². The van der Waals surface area contributed by atoms with Crippen molar-refractivity contribution in [2.45, 2.75) is 13.8 Å². The maximum Gasteiger partial charge on any atom is 0.335 e. The lowest BCUT2D eigenvalue weighted by Crippen LogP contribution is -2.03. The second-order valence-corrected chi connectivity index (χ2v) is 4.69. The van der Waals surface area contributed by atoms with Gasteiger partial charge >= 0.3 is 5.97 Å². The summed E-state index contributed by atoms with van der Waals surface area (Å²) >= 11 is 0. The van der Waals surface area contributed by atoms with Crippen molar-refractivity contribution in [3.05, 3.63) is 63.2 Å². The smallest absolute Gasteiger partial charge is 0.335 e. The Kier molecular flexibility index (Phi) is 3.89. The Labute approximate surface area is 121 Å². The van der Waals surface area contributed by atoms with Crippen LogP contribution in [0.3, 0.4) is 0 Å². The lowest BCUT2D eigenvalue weighted by Gasteiger charge is -2.13. The van der Waals surface area contributed by atoms with Crippen molar-refractivity contribution in [1.29, 1.82) is 0 Å². The zero-order valence-electron chi connectivity index (χ0n) is 11.6. The molecule has 0 amide bonds. The van der Waals surface area contributed by atoms with E-state index in [-0.39, 0.29) is 16.9 Å². The molecule has 0 spiro atoms. The molecule has 0 aliphatic carbocycles. The highest BCUT2D eigenvalue weighted by atomic mass is 16.6. The van der Waals surface area contributed by atoms with E-state index in [1.54, 1.807) is 0 Å². The second-order valence-electron chi connectivity index (χ2n) is 4.69. The van der Waals surface area contributed by atoms with Gasteiger partial charge in [0, 0.05) is 11.8 Å². The van der Waals surface area contributed by atoms with Crippen LogP contribution in [0.1, 0.15) is 21.5 Å². The topological polar surface area (TPSA) is 92.5 Å². The molecule has 6 heteroatoms. The van der Waals surface area contributed by atoms with Crippen molar-refractivity contribution in [3.8, 4) is 0 Å². The number of hydrogen-bond donors (Lipinski definition) is 2. The summed E-state index contributed by atoms with van der Waals surface area (Å²) < 4.78 is 0. The third kappa shape index (κ3) is 3.00. The summed E-state index contributed by atoms with van der Waals surface area (Å²) in [6, 6.07) is 9.49. The monoisotopic (exact) mass is 286 g/mol. The Balaban J connectivity index is 2.49. The molecule has 108 valence electrons. The SMILES string of the molecule is Cc1cccc(C)c1Nc1ccc(C(=O)O)cc1[N+](=O)[O-]. The molecule has 0 aromatic heterocycles. The van der Waals surface area contributed by atoms with Crippen LogP contribution in [0.25, 0.3) is 0 Å². The average molecular weight is 286 g/mol. The van der Waals surface area contributed by atoms with Crippen molar-refractivity contribution in [2.75, 3.05) is 5.32 Å². The summed E-state index contributed by atoms with van der Waals surface area (Å²) in [5.74, 6) is -1.20. The third-order valence-corrected chi connectivity index (χ3v) is 3.18. The molecule has 0 aliphatic rings. The summed E-state index contributed by atoms with van der Waals surface area (Å²) in [7, 11) is 0. The van der Waals surface area contributed by atoms with Gasteiger partial charge < -0.3 is 10.4 Å². The summed E-state index contributed by atoms with van der Waals surface area (Å²) in [5.41, 5.74) is 2.57. The Morgan fingerprint density at radius 2 is 1.81 bits per heavy atom. The highest BCUT2D eigenvalue weighted by Gasteiger charge is 2.18. The van der Waals surface area contributed by atoms with Crippen LogP contribution in [0.2, 0.25) is 0 Å². The minimum Gasteiger partial charge on any atom is -0.478 e. The first-order chi connectivity index (χ1) is 9.90. The molecule has 0 radical (unpaired) electrons. The lowest BCUT2D eigenvalue weighted by atomic mass is 10.1. The highest BCUT2D eigenvalue weighted by Crippen LogP contribution is 2.31. The zero-order valence-corrected chi connectivity index (χ0v) is 11.6. The van der Waals surface area contributed by atoms with Crippen LogP contribution in [-0.4, -0.2) is 16.0 Å². The van der Waals surface area contributed by atoms with Crippen LogP contribution >= 0.6 is 0 Å². The molecule has 2 aromatic carbocycles. The van der Waals surface area contributed by atoms with Crippen LogP contribution in [-0.2, 0) is 0 Å². The molecule has 0 saturated heterocycles. The van der Waals surface area contributed by atoms with E-state index in [2.05, 4.69) is 5.32 Å². The maximum atomic E-state index is 11.1. The number of aryl methyl sites for hydroxylation is 2. The number of carbonyl (C=O) groups is 1. The predicted molar refractivity (Wildman–Crippen MR) is 79.3 cm³/mol. The van der Waals surface area contributed by atoms with Crippen molar-refractivity contribution < 1.29 is 14.8 Å². The standard InChI is InChI=1S/C15H14N2O4/c1-9-4-3-5-10(2)14(9)16-12-7-6-11(15(18)19)8-13(12)17(20)21/h3-8,16H,1-2H3,(H,18,19). The van der Waals surface area contributed by atoms with Crippen LogP contribution in [0, 0.1) is 24.0 Å². The normalized spacial score (nSPS) is 10.2. The first-order valence-electron chi connectivity index (χ1n) is 6.25. The zero-order chi connectivity index (χ0) is 15.6. The van der Waals surface area contributed by atoms with Gasteiger partial charge in [-0.05, 0) is 37.1 Å². The fraction of sp³-hybridized carbons (Fsp3) is 0.133. The Hall–Kier alpha value is -2.89. The number of rotatable bonds is 4. The number of benzene rings is 2. The van der Waals surface area contributed by atoms with E-state index in [0.29, 0.717) is 0 Å². The summed E-state index contributed by atoms with van der Waals surface area (Å²) in [4.78, 5) is 21.4.